The summed E-state index contributed by atoms with van der Waals surface area (Å²) in [4.78, 5) is 37.0. The fourth-order valence-corrected chi connectivity index (χ4v) is 1.13. The molecule has 0 aromatic heterocycles. The summed E-state index contributed by atoms with van der Waals surface area (Å²) in [5.74, 6) is -18.7. The molecular weight excluding hydrogens is 926 g/mol. The Morgan fingerprint density at radius 2 is 0.724 bits per heavy atom. The smallest absolute Gasteiger partial charge is 0.477 e. The maximum atomic E-state index is 12.2. The monoisotopic (exact) mass is 948 g/mol. The lowest BCUT2D eigenvalue weighted by Gasteiger charge is -2.16. The van der Waals surface area contributed by atoms with Crippen LogP contribution in [0.2, 0.25) is 0 Å². The molecule has 1 fully saturated rings. The van der Waals surface area contributed by atoms with Crippen LogP contribution in [0, 0.1) is 0 Å². The number of rotatable bonds is 7. The van der Waals surface area contributed by atoms with E-state index in [0.29, 0.717) is 6.92 Å². The quantitative estimate of drug-likeness (QED) is 0.107. The second kappa shape index (κ2) is 26.7. The van der Waals surface area contributed by atoms with Gasteiger partial charge in [-0.05, 0) is 0 Å². The largest absolute Gasteiger partial charge is 0.574 e. The standard InChI is InChI=1S/C4H3F5O2.2C4H4F4O3.C3F6O.C3H3F3O.CF2O.CH4.2FH.H2O/c1-3(6,2(5)10)11-4(7,8)9;2*1-3(5,2(9)10)11-4(6,7)8;4-1(5)2(6)10-3(7,8)9;1-2(4)3(5,6)7-2;2-1(3)4;;;;/h1H3;2*1H3,(H,9,10);;1H3;;1H4;2*1H;1H2. The van der Waals surface area contributed by atoms with E-state index in [1.165, 1.54) is 0 Å². The van der Waals surface area contributed by atoms with Gasteiger partial charge >= 0.3 is 91.3 Å². The molecule has 0 aliphatic carbocycles. The number of carbonyl (C=O) groups is 4. The number of halogens is 26. The number of epoxide rings is 1. The van der Waals surface area contributed by atoms with Gasteiger partial charge in [0, 0.05) is 27.7 Å². The maximum Gasteiger partial charge on any atom is 0.574 e. The number of hydrogen-bond donors (Lipinski definition) is 2. The number of carbonyl (C=O) groups excluding carboxylic acids is 2. The van der Waals surface area contributed by atoms with Gasteiger partial charge in [0.05, 0.1) is 0 Å². The minimum atomic E-state index is -5.41. The van der Waals surface area contributed by atoms with Crippen LogP contribution < -0.4 is 0 Å². The molecule has 58 heavy (non-hydrogen) atoms. The SMILES string of the molecule is C.CC(F)(OC(F)(F)F)C(=O)F.CC(F)(OC(F)(F)F)C(=O)O.CC(F)(OC(F)(F)F)C(=O)O.CC1(F)OC1(F)F.F.F.FC(F)=C(F)OC(F)(F)F.O.O=C(F)F. The van der Waals surface area contributed by atoms with E-state index in [4.69, 9.17) is 15.0 Å². The van der Waals surface area contributed by atoms with Crippen molar-refractivity contribution in [1.29, 1.82) is 0 Å². The molecule has 12 nitrogen and oxygen atoms in total. The zero-order chi connectivity index (χ0) is 45.5. The van der Waals surface area contributed by atoms with Gasteiger partial charge in [0.2, 0.25) is 0 Å². The van der Waals surface area contributed by atoms with E-state index in [1.54, 1.807) is 0 Å². The van der Waals surface area contributed by atoms with E-state index < -0.39 is 91.3 Å². The van der Waals surface area contributed by atoms with Crippen LogP contribution in [-0.2, 0) is 38.1 Å². The first-order valence-corrected chi connectivity index (χ1v) is 11.1. The molecule has 356 valence electrons. The third kappa shape index (κ3) is 46.2. The number of carboxylic acids is 2. The molecule has 0 radical (unpaired) electrons. The molecule has 0 aromatic rings. The minimum absolute atomic E-state index is 0. The molecule has 0 aromatic carbocycles. The van der Waals surface area contributed by atoms with Crippen LogP contribution in [0.1, 0.15) is 35.1 Å². The Labute approximate surface area is 301 Å². The van der Waals surface area contributed by atoms with Crippen molar-refractivity contribution in [3.63, 3.8) is 0 Å². The summed E-state index contributed by atoms with van der Waals surface area (Å²) in [6, 6.07) is -5.75. The predicted octanol–water partition coefficient (Wildman–Crippen LogP) is 9.31. The average Bonchev–Trinajstić information content (AvgIpc) is 3.27. The fraction of sp³-hybridized carbons (Fsp3) is 0.700. The first-order valence-electron chi connectivity index (χ1n) is 11.1. The van der Waals surface area contributed by atoms with Crippen LogP contribution in [0.15, 0.2) is 12.1 Å². The molecule has 1 rings (SSSR count). The average molecular weight is 948 g/mol. The lowest BCUT2D eigenvalue weighted by Crippen LogP contribution is -2.38. The van der Waals surface area contributed by atoms with Gasteiger partial charge in [-0.25, -0.2) is 37.4 Å². The van der Waals surface area contributed by atoms with Crippen LogP contribution in [0.25, 0.3) is 0 Å². The van der Waals surface area contributed by atoms with Crippen molar-refractivity contribution in [3.8, 4) is 0 Å². The normalized spacial score (nSPS) is 17.9. The van der Waals surface area contributed by atoms with Crippen LogP contribution in [-0.4, -0.2) is 94.9 Å². The molecule has 0 spiro atoms. The molecule has 1 aliphatic rings. The number of carboxylic acid groups (broad SMARTS) is 2. The highest BCUT2D eigenvalue weighted by Gasteiger charge is 2.73. The predicted molar refractivity (Wildman–Crippen MR) is 127 cm³/mol. The molecule has 1 aliphatic heterocycles. The van der Waals surface area contributed by atoms with E-state index in [1.807, 2.05) is 0 Å². The van der Waals surface area contributed by atoms with Crippen molar-refractivity contribution in [2.75, 3.05) is 0 Å². The third-order valence-corrected chi connectivity index (χ3v) is 3.19. The molecule has 0 amide bonds. The van der Waals surface area contributed by atoms with Crippen molar-refractivity contribution in [2.45, 2.75) is 90.1 Å². The van der Waals surface area contributed by atoms with Crippen molar-refractivity contribution >= 4 is 24.3 Å². The maximum absolute atomic E-state index is 12.2. The topological polar surface area (TPSA) is 190 Å². The van der Waals surface area contributed by atoms with Crippen LogP contribution in [0.3, 0.4) is 0 Å². The first-order chi connectivity index (χ1) is 23.0. The van der Waals surface area contributed by atoms with Crippen LogP contribution in [0.4, 0.5) is 120 Å². The number of hydrogen-bond acceptors (Lipinski definition) is 9. The van der Waals surface area contributed by atoms with Gasteiger partial charge in [-0.3, -0.25) is 18.9 Å². The van der Waals surface area contributed by atoms with E-state index in [2.05, 4.69) is 23.7 Å². The third-order valence-electron chi connectivity index (χ3n) is 3.19. The lowest BCUT2D eigenvalue weighted by atomic mass is 10.4. The summed E-state index contributed by atoms with van der Waals surface area (Å²) in [7, 11) is 0. The molecular formula is C20H22F26O12. The molecule has 1 saturated heterocycles. The van der Waals surface area contributed by atoms with Crippen LogP contribution in [0.5, 0.6) is 0 Å². The minimum Gasteiger partial charge on any atom is -0.477 e. The summed E-state index contributed by atoms with van der Waals surface area (Å²) < 4.78 is 280. The van der Waals surface area contributed by atoms with E-state index >= 15 is 0 Å². The van der Waals surface area contributed by atoms with Gasteiger partial charge in [0.15, 0.2) is 0 Å². The highest BCUT2D eigenvalue weighted by Crippen LogP contribution is 2.51. The molecule has 4 atom stereocenters. The summed E-state index contributed by atoms with van der Waals surface area (Å²) in [5.41, 5.74) is 0. The summed E-state index contributed by atoms with van der Waals surface area (Å²) in [6.45, 7) is 1.03. The van der Waals surface area contributed by atoms with Crippen molar-refractivity contribution < 1.29 is 173 Å². The molecule has 1 heterocycles. The Bertz CT molecular complexity index is 1130. The molecule has 0 bridgehead atoms. The molecule has 0 saturated carbocycles. The fourth-order valence-electron chi connectivity index (χ4n) is 1.13. The van der Waals surface area contributed by atoms with Crippen molar-refractivity contribution in [2.24, 2.45) is 0 Å². The molecule has 38 heteroatoms. The highest BCUT2D eigenvalue weighted by molar-refractivity contribution is 5.76. The molecule has 4 unspecified atom stereocenters. The lowest BCUT2D eigenvalue weighted by molar-refractivity contribution is -0.381. The number of aliphatic carboxylic acids is 2. The Hall–Kier alpha value is -4.20. The van der Waals surface area contributed by atoms with E-state index in [-0.39, 0.29) is 43.1 Å². The van der Waals surface area contributed by atoms with Gasteiger partial charge < -0.3 is 20.4 Å². The second-order valence-corrected chi connectivity index (χ2v) is 8.12. The Morgan fingerprint density at radius 1 is 0.534 bits per heavy atom. The Morgan fingerprint density at radius 3 is 0.776 bits per heavy atom. The van der Waals surface area contributed by atoms with Crippen molar-refractivity contribution in [3.05, 3.63) is 12.1 Å². The van der Waals surface area contributed by atoms with Gasteiger partial charge in [-0.2, -0.15) is 35.1 Å². The summed E-state index contributed by atoms with van der Waals surface area (Å²) >= 11 is 0. The van der Waals surface area contributed by atoms with E-state index in [9.17, 15) is 120 Å². The van der Waals surface area contributed by atoms with Crippen LogP contribution >= 0.6 is 0 Å². The summed E-state index contributed by atoms with van der Waals surface area (Å²) in [6.07, 6.45) is -30.9. The van der Waals surface area contributed by atoms with E-state index in [0.717, 1.165) is 0 Å². The number of alkyl halides is 18. The Kier molecular flexibility index (Phi) is 34.4. The van der Waals surface area contributed by atoms with Gasteiger partial charge in [-0.1, -0.05) is 7.43 Å². The molecule has 4 N–H and O–H groups in total. The number of ether oxygens (including phenoxy) is 5. The second-order valence-electron chi connectivity index (χ2n) is 8.12. The highest BCUT2D eigenvalue weighted by atomic mass is 19.4. The zero-order valence-corrected chi connectivity index (χ0v) is 26.5. The van der Waals surface area contributed by atoms with Gasteiger partial charge in [-0.15, -0.1) is 61.5 Å². The Balaban J connectivity index is -0.0000000713. The van der Waals surface area contributed by atoms with Gasteiger partial charge in [0.1, 0.15) is 0 Å². The van der Waals surface area contributed by atoms with Gasteiger partial charge in [0.25, 0.3) is 0 Å². The van der Waals surface area contributed by atoms with Crippen molar-refractivity contribution in [1.82, 2.24) is 0 Å². The zero-order valence-electron chi connectivity index (χ0n) is 26.5. The first kappa shape index (κ1) is 74.7. The summed E-state index contributed by atoms with van der Waals surface area (Å²) in [5, 5.41) is 15.6.